The van der Waals surface area contributed by atoms with Crippen molar-refractivity contribution in [3.63, 3.8) is 0 Å². The number of hydrogen-bond acceptors (Lipinski definition) is 6. The highest BCUT2D eigenvalue weighted by atomic mass is 79.9. The van der Waals surface area contributed by atoms with Crippen molar-refractivity contribution in [1.82, 2.24) is 9.55 Å². The standard InChI is InChI=1S/C25H22BrF3N4O5S/c1-12(34)24-31-20(14-7-8-14)21(23(30)35)33(24)11-13-6-9-18-16(10-13)19(26)22(38-18)15-4-2-3-5-17(15)32-39(36,37)25(27,28)29/h2-6,9-10,12,14,32,34H,7-8,11H2,1H3,(H2,30,35). The van der Waals surface area contributed by atoms with Gasteiger partial charge in [-0.25, -0.2) is 4.98 Å². The maximum atomic E-state index is 13.0. The summed E-state index contributed by atoms with van der Waals surface area (Å²) in [5, 5.41) is 10.9. The first-order chi connectivity index (χ1) is 18.3. The Morgan fingerprint density at radius 2 is 1.97 bits per heavy atom. The van der Waals surface area contributed by atoms with E-state index in [2.05, 4.69) is 20.9 Å². The molecule has 1 amide bonds. The maximum Gasteiger partial charge on any atom is 0.516 e. The number of hydrogen-bond donors (Lipinski definition) is 3. The van der Waals surface area contributed by atoms with Crippen molar-refractivity contribution < 1.29 is 35.9 Å². The molecule has 1 atom stereocenters. The van der Waals surface area contributed by atoms with Crippen molar-refractivity contribution in [2.75, 3.05) is 4.72 Å². The Bertz CT molecular complexity index is 1710. The van der Waals surface area contributed by atoms with Crippen LogP contribution < -0.4 is 10.5 Å². The lowest BCUT2D eigenvalue weighted by Gasteiger charge is -2.13. The number of aliphatic hydroxyl groups is 1. The first-order valence-electron chi connectivity index (χ1n) is 11.8. The Hall–Kier alpha value is -3.36. The zero-order valence-electron chi connectivity index (χ0n) is 20.3. The summed E-state index contributed by atoms with van der Waals surface area (Å²) in [6.07, 6.45) is 0.811. The summed E-state index contributed by atoms with van der Waals surface area (Å²) in [7, 11) is -5.66. The van der Waals surface area contributed by atoms with Gasteiger partial charge in [0.15, 0.2) is 5.76 Å². The fourth-order valence-corrected chi connectivity index (χ4v) is 5.60. The van der Waals surface area contributed by atoms with Crippen LogP contribution in [0.3, 0.4) is 0 Å². The number of alkyl halides is 3. The van der Waals surface area contributed by atoms with Gasteiger partial charge < -0.3 is 19.8 Å². The van der Waals surface area contributed by atoms with Gasteiger partial charge in [-0.05, 0) is 65.5 Å². The van der Waals surface area contributed by atoms with E-state index < -0.39 is 27.5 Å². The van der Waals surface area contributed by atoms with E-state index in [9.17, 15) is 31.5 Å². The second-order valence-corrected chi connectivity index (χ2v) is 11.7. The number of aliphatic hydroxyl groups excluding tert-OH is 1. The van der Waals surface area contributed by atoms with E-state index in [0.717, 1.165) is 12.8 Å². The molecule has 9 nitrogen and oxygen atoms in total. The minimum absolute atomic E-state index is 0.0889. The lowest BCUT2D eigenvalue weighted by atomic mass is 10.1. The Labute approximate surface area is 229 Å². The SMILES string of the molecule is CC(O)c1nc(C2CC2)c(C(N)=O)n1Cc1ccc2oc(-c3ccccc3NS(=O)(=O)C(F)(F)F)c(Br)c2c1. The number of amides is 1. The third-order valence-corrected chi connectivity index (χ3v) is 8.23. The van der Waals surface area contributed by atoms with E-state index in [1.807, 2.05) is 0 Å². The monoisotopic (exact) mass is 626 g/mol. The number of benzene rings is 2. The van der Waals surface area contributed by atoms with Gasteiger partial charge in [-0.2, -0.15) is 21.6 Å². The molecule has 0 aliphatic heterocycles. The molecule has 0 saturated heterocycles. The van der Waals surface area contributed by atoms with Crippen molar-refractivity contribution in [2.24, 2.45) is 5.73 Å². The van der Waals surface area contributed by atoms with Gasteiger partial charge in [-0.1, -0.05) is 18.2 Å². The minimum Gasteiger partial charge on any atom is -0.455 e. The molecule has 1 unspecified atom stereocenters. The molecule has 4 N–H and O–H groups in total. The Balaban J connectivity index is 1.56. The predicted octanol–water partition coefficient (Wildman–Crippen LogP) is 5.40. The largest absolute Gasteiger partial charge is 0.516 e. The van der Waals surface area contributed by atoms with Gasteiger partial charge in [0.05, 0.1) is 15.9 Å². The van der Waals surface area contributed by atoms with E-state index in [1.165, 1.54) is 24.3 Å². The van der Waals surface area contributed by atoms with Gasteiger partial charge in [0.1, 0.15) is 23.2 Å². The molecule has 39 heavy (non-hydrogen) atoms. The number of nitrogens with two attached hydrogens (primary N) is 1. The molecule has 0 spiro atoms. The first-order valence-corrected chi connectivity index (χ1v) is 14.0. The number of primary amides is 1. The fraction of sp³-hybridized carbons (Fsp3) is 0.280. The molecule has 1 aliphatic carbocycles. The summed E-state index contributed by atoms with van der Waals surface area (Å²) in [5.74, 6) is -0.108. The Morgan fingerprint density at radius 3 is 2.59 bits per heavy atom. The molecule has 1 aliphatic rings. The number of rotatable bonds is 8. The van der Waals surface area contributed by atoms with E-state index >= 15 is 0 Å². The zero-order valence-corrected chi connectivity index (χ0v) is 22.7. The molecular weight excluding hydrogens is 605 g/mol. The molecule has 1 saturated carbocycles. The smallest absolute Gasteiger partial charge is 0.455 e. The molecule has 206 valence electrons. The van der Waals surface area contributed by atoms with Crippen molar-refractivity contribution in [3.05, 3.63) is 69.7 Å². The van der Waals surface area contributed by atoms with E-state index in [1.54, 1.807) is 34.4 Å². The average Bonchev–Trinajstić information content (AvgIpc) is 3.55. The van der Waals surface area contributed by atoms with E-state index in [-0.39, 0.29) is 35.2 Å². The number of aromatic nitrogens is 2. The summed E-state index contributed by atoms with van der Waals surface area (Å²) in [6, 6.07) is 10.7. The van der Waals surface area contributed by atoms with Gasteiger partial charge in [-0.3, -0.25) is 9.52 Å². The third-order valence-electron chi connectivity index (χ3n) is 6.35. The van der Waals surface area contributed by atoms with E-state index in [4.69, 9.17) is 10.2 Å². The fourth-order valence-electron chi connectivity index (χ4n) is 4.41. The van der Waals surface area contributed by atoms with Crippen molar-refractivity contribution in [1.29, 1.82) is 0 Å². The van der Waals surface area contributed by atoms with Crippen LogP contribution in [0.4, 0.5) is 18.9 Å². The average molecular weight is 627 g/mol. The van der Waals surface area contributed by atoms with Crippen molar-refractivity contribution >= 4 is 48.5 Å². The highest BCUT2D eigenvalue weighted by molar-refractivity contribution is 9.10. The topological polar surface area (TPSA) is 140 Å². The number of furan rings is 1. The van der Waals surface area contributed by atoms with Crippen LogP contribution in [0.1, 0.15) is 59.4 Å². The number of imidazole rings is 1. The van der Waals surface area contributed by atoms with Gasteiger partial charge in [0.25, 0.3) is 5.91 Å². The number of carbonyl (C=O) groups excluding carboxylic acids is 1. The van der Waals surface area contributed by atoms with Crippen LogP contribution in [-0.2, 0) is 16.6 Å². The molecule has 2 heterocycles. The molecule has 14 heteroatoms. The number of fused-ring (bicyclic) bond motifs is 1. The third kappa shape index (κ3) is 5.03. The quantitative estimate of drug-likeness (QED) is 0.239. The van der Waals surface area contributed by atoms with Crippen LogP contribution in [0.25, 0.3) is 22.3 Å². The number of anilines is 1. The Morgan fingerprint density at radius 1 is 1.28 bits per heavy atom. The summed E-state index contributed by atoms with van der Waals surface area (Å²) < 4.78 is 71.9. The molecule has 1 fully saturated rings. The highest BCUT2D eigenvalue weighted by Crippen LogP contribution is 2.43. The Kier molecular flexibility index (Phi) is 6.75. The number of nitrogens with zero attached hydrogens (tertiary/aromatic N) is 2. The van der Waals surface area contributed by atoms with Crippen molar-refractivity contribution in [2.45, 2.75) is 43.8 Å². The molecule has 2 aromatic carbocycles. The summed E-state index contributed by atoms with van der Waals surface area (Å²) in [5.41, 5.74) is 1.87. The first kappa shape index (κ1) is 27.2. The van der Waals surface area contributed by atoms with Gasteiger partial charge in [-0.15, -0.1) is 0 Å². The normalized spacial score (nSPS) is 15.0. The van der Waals surface area contributed by atoms with Crippen LogP contribution in [0.5, 0.6) is 0 Å². The van der Waals surface area contributed by atoms with Gasteiger partial charge in [0.2, 0.25) is 0 Å². The molecule has 2 aromatic heterocycles. The van der Waals surface area contributed by atoms with Crippen LogP contribution in [-0.4, -0.2) is 34.5 Å². The van der Waals surface area contributed by atoms with Gasteiger partial charge >= 0.3 is 15.5 Å². The number of nitrogens with one attached hydrogen (secondary N) is 1. The zero-order chi connectivity index (χ0) is 28.3. The second kappa shape index (κ2) is 9.68. The lowest BCUT2D eigenvalue weighted by molar-refractivity contribution is -0.0429. The summed E-state index contributed by atoms with van der Waals surface area (Å²) in [4.78, 5) is 16.9. The predicted molar refractivity (Wildman–Crippen MR) is 140 cm³/mol. The molecule has 5 rings (SSSR count). The lowest BCUT2D eigenvalue weighted by Crippen LogP contribution is -2.30. The van der Waals surface area contributed by atoms with Crippen LogP contribution in [0.2, 0.25) is 0 Å². The number of sulfonamides is 1. The number of halogens is 4. The highest BCUT2D eigenvalue weighted by Gasteiger charge is 2.46. The molecule has 0 bridgehead atoms. The summed E-state index contributed by atoms with van der Waals surface area (Å²) >= 11 is 3.44. The molecule has 4 aromatic rings. The number of para-hydroxylation sites is 1. The van der Waals surface area contributed by atoms with Crippen LogP contribution in [0, 0.1) is 0 Å². The minimum atomic E-state index is -5.66. The van der Waals surface area contributed by atoms with Crippen molar-refractivity contribution in [3.8, 4) is 11.3 Å². The number of carbonyl (C=O) groups is 1. The summed E-state index contributed by atoms with van der Waals surface area (Å²) in [6.45, 7) is 1.70. The maximum absolute atomic E-state index is 13.0. The van der Waals surface area contributed by atoms with Gasteiger partial charge in [0, 0.05) is 23.4 Å². The van der Waals surface area contributed by atoms with E-state index in [0.29, 0.717) is 32.5 Å². The molecule has 0 radical (unpaired) electrons. The molecular formula is C25H22BrF3N4O5S. The van der Waals surface area contributed by atoms with Crippen LogP contribution in [0.15, 0.2) is 51.4 Å². The second-order valence-electron chi connectivity index (χ2n) is 9.28. The van der Waals surface area contributed by atoms with Crippen LogP contribution >= 0.6 is 15.9 Å².